The van der Waals surface area contributed by atoms with E-state index >= 15 is 0 Å². The highest BCUT2D eigenvalue weighted by Gasteiger charge is 2.17. The molecular weight excluding hydrogens is 446 g/mol. The van der Waals surface area contributed by atoms with Crippen molar-refractivity contribution in [2.45, 2.75) is 26.3 Å². The van der Waals surface area contributed by atoms with Crippen LogP contribution in [0.4, 0.5) is 4.39 Å². The Labute approximate surface area is 170 Å². The molecule has 0 spiro atoms. The van der Waals surface area contributed by atoms with E-state index in [-0.39, 0.29) is 29.8 Å². The van der Waals surface area contributed by atoms with E-state index in [0.717, 1.165) is 25.1 Å². The molecule has 3 rings (SSSR count). The van der Waals surface area contributed by atoms with E-state index in [1.54, 1.807) is 18.3 Å². The predicted molar refractivity (Wildman–Crippen MR) is 111 cm³/mol. The standard InChI is InChI=1S/C19H23FN4O.HI/c1-14-5-4-10-24(13-14)19(21)23-12-15-6-3-9-22-18(15)25-17-8-2-7-16(20)11-17;/h2-3,6-9,11,14H,4-5,10,12-13H2,1H3,(H2,21,23);1H. The van der Waals surface area contributed by atoms with Gasteiger partial charge in [0.05, 0.1) is 6.54 Å². The van der Waals surface area contributed by atoms with E-state index in [1.165, 1.54) is 18.6 Å². The Morgan fingerprint density at radius 2 is 2.23 bits per heavy atom. The largest absolute Gasteiger partial charge is 0.439 e. The molecule has 5 nitrogen and oxygen atoms in total. The lowest BCUT2D eigenvalue weighted by molar-refractivity contribution is 0.270. The van der Waals surface area contributed by atoms with Crippen LogP contribution in [0.1, 0.15) is 25.3 Å². The molecule has 2 N–H and O–H groups in total. The van der Waals surface area contributed by atoms with E-state index in [1.807, 2.05) is 12.1 Å². The smallest absolute Gasteiger partial charge is 0.224 e. The molecule has 1 aromatic carbocycles. The number of aliphatic imine (C=N–C) groups is 1. The highest BCUT2D eigenvalue weighted by atomic mass is 127. The molecule has 0 amide bonds. The summed E-state index contributed by atoms with van der Waals surface area (Å²) < 4.78 is 19.0. The summed E-state index contributed by atoms with van der Waals surface area (Å²) in [6, 6.07) is 9.69. The first-order valence-corrected chi connectivity index (χ1v) is 8.54. The molecule has 140 valence electrons. The molecule has 0 radical (unpaired) electrons. The number of piperidine rings is 1. The van der Waals surface area contributed by atoms with Gasteiger partial charge in [0.2, 0.25) is 5.88 Å². The van der Waals surface area contributed by atoms with Gasteiger partial charge in [-0.15, -0.1) is 24.0 Å². The van der Waals surface area contributed by atoms with E-state index in [9.17, 15) is 4.39 Å². The van der Waals surface area contributed by atoms with Crippen molar-refractivity contribution >= 4 is 29.9 Å². The number of halogens is 2. The fourth-order valence-corrected chi connectivity index (χ4v) is 2.94. The van der Waals surface area contributed by atoms with Crippen LogP contribution in [0.25, 0.3) is 0 Å². The third kappa shape index (κ3) is 5.55. The lowest BCUT2D eigenvalue weighted by Crippen LogP contribution is -2.43. The zero-order valence-electron chi connectivity index (χ0n) is 14.8. The van der Waals surface area contributed by atoms with E-state index < -0.39 is 0 Å². The second kappa shape index (κ2) is 9.70. The van der Waals surface area contributed by atoms with Crippen molar-refractivity contribution in [2.24, 2.45) is 16.6 Å². The van der Waals surface area contributed by atoms with Gasteiger partial charge in [0.25, 0.3) is 0 Å². The fourth-order valence-electron chi connectivity index (χ4n) is 2.94. The van der Waals surface area contributed by atoms with E-state index in [0.29, 0.717) is 30.1 Å². The lowest BCUT2D eigenvalue weighted by Gasteiger charge is -2.31. The van der Waals surface area contributed by atoms with Gasteiger partial charge in [-0.05, 0) is 37.0 Å². The topological polar surface area (TPSA) is 63.7 Å². The highest BCUT2D eigenvalue weighted by molar-refractivity contribution is 14.0. The quantitative estimate of drug-likeness (QED) is 0.414. The number of likely N-dealkylation sites (tertiary alicyclic amines) is 1. The van der Waals surface area contributed by atoms with Gasteiger partial charge < -0.3 is 15.4 Å². The molecule has 1 aromatic heterocycles. The summed E-state index contributed by atoms with van der Waals surface area (Å²) in [6.07, 6.45) is 4.01. The maximum Gasteiger partial charge on any atom is 0.224 e. The first-order valence-electron chi connectivity index (χ1n) is 8.54. The van der Waals surface area contributed by atoms with Gasteiger partial charge in [-0.1, -0.05) is 19.1 Å². The molecular formula is C19H24FIN4O. The van der Waals surface area contributed by atoms with Crippen molar-refractivity contribution in [1.29, 1.82) is 0 Å². The van der Waals surface area contributed by atoms with Crippen LogP contribution in [0.15, 0.2) is 47.6 Å². The Hall–Kier alpha value is -1.90. The second-order valence-electron chi connectivity index (χ2n) is 6.39. The van der Waals surface area contributed by atoms with Crippen LogP contribution in [-0.4, -0.2) is 28.9 Å². The van der Waals surface area contributed by atoms with E-state index in [4.69, 9.17) is 10.5 Å². The molecule has 1 atom stereocenters. The summed E-state index contributed by atoms with van der Waals surface area (Å²) in [7, 11) is 0. The maximum atomic E-state index is 13.3. The van der Waals surface area contributed by atoms with Crippen LogP contribution in [0.5, 0.6) is 11.6 Å². The number of guanidine groups is 1. The van der Waals surface area contributed by atoms with Gasteiger partial charge in [0.15, 0.2) is 5.96 Å². The van der Waals surface area contributed by atoms with Gasteiger partial charge in [-0.3, -0.25) is 0 Å². The zero-order valence-corrected chi connectivity index (χ0v) is 17.1. The first kappa shape index (κ1) is 20.4. The Bertz CT molecular complexity index is 756. The molecule has 1 saturated heterocycles. The average Bonchev–Trinajstić information content (AvgIpc) is 2.61. The van der Waals surface area contributed by atoms with Crippen LogP contribution >= 0.6 is 24.0 Å². The number of nitrogens with two attached hydrogens (primary N) is 1. The van der Waals surface area contributed by atoms with E-state index in [2.05, 4.69) is 21.8 Å². The molecule has 26 heavy (non-hydrogen) atoms. The summed E-state index contributed by atoms with van der Waals surface area (Å²) >= 11 is 0. The van der Waals surface area contributed by atoms with Crippen LogP contribution in [-0.2, 0) is 6.54 Å². The highest BCUT2D eigenvalue weighted by Crippen LogP contribution is 2.24. The van der Waals surface area contributed by atoms with Gasteiger partial charge in [0, 0.05) is 30.9 Å². The number of rotatable bonds is 4. The summed E-state index contributed by atoms with van der Waals surface area (Å²) in [4.78, 5) is 10.9. The number of aromatic nitrogens is 1. The molecule has 1 aliphatic heterocycles. The summed E-state index contributed by atoms with van der Waals surface area (Å²) in [6.45, 7) is 4.48. The number of ether oxygens (including phenoxy) is 1. The number of hydrogen-bond acceptors (Lipinski definition) is 3. The number of nitrogens with zero attached hydrogens (tertiary/aromatic N) is 3. The maximum absolute atomic E-state index is 13.3. The van der Waals surface area contributed by atoms with Crippen molar-refractivity contribution in [3.05, 3.63) is 54.0 Å². The SMILES string of the molecule is CC1CCCN(C(N)=NCc2cccnc2Oc2cccc(F)c2)C1.I. The molecule has 7 heteroatoms. The minimum atomic E-state index is -0.350. The van der Waals surface area contributed by atoms with Crippen molar-refractivity contribution in [3.63, 3.8) is 0 Å². The molecule has 0 bridgehead atoms. The van der Waals surface area contributed by atoms with Crippen molar-refractivity contribution in [1.82, 2.24) is 9.88 Å². The fraction of sp³-hybridized carbons (Fsp3) is 0.368. The average molecular weight is 470 g/mol. The van der Waals surface area contributed by atoms with Crippen LogP contribution in [0, 0.1) is 11.7 Å². The Kier molecular flexibility index (Phi) is 7.62. The first-order chi connectivity index (χ1) is 12.1. The second-order valence-corrected chi connectivity index (χ2v) is 6.39. The van der Waals surface area contributed by atoms with Crippen molar-refractivity contribution in [3.8, 4) is 11.6 Å². The predicted octanol–water partition coefficient (Wildman–Crippen LogP) is 4.18. The lowest BCUT2D eigenvalue weighted by atomic mass is 10.0. The zero-order chi connectivity index (χ0) is 17.6. The number of benzene rings is 1. The van der Waals surface area contributed by atoms with Gasteiger partial charge in [0.1, 0.15) is 11.6 Å². The number of pyridine rings is 1. The Morgan fingerprint density at radius 3 is 3.00 bits per heavy atom. The molecule has 2 aromatic rings. The van der Waals surface area contributed by atoms with Crippen molar-refractivity contribution in [2.75, 3.05) is 13.1 Å². The molecule has 1 unspecified atom stereocenters. The molecule has 0 aliphatic carbocycles. The number of hydrogen-bond donors (Lipinski definition) is 1. The minimum absolute atomic E-state index is 0. The van der Waals surface area contributed by atoms with Gasteiger partial charge in [-0.2, -0.15) is 0 Å². The summed E-state index contributed by atoms with van der Waals surface area (Å²) in [5.41, 5.74) is 6.95. The van der Waals surface area contributed by atoms with Gasteiger partial charge in [-0.25, -0.2) is 14.4 Å². The molecule has 0 saturated carbocycles. The third-order valence-electron chi connectivity index (χ3n) is 4.25. The summed E-state index contributed by atoms with van der Waals surface area (Å²) in [5, 5.41) is 0. The normalized spacial score (nSPS) is 17.5. The minimum Gasteiger partial charge on any atom is -0.439 e. The van der Waals surface area contributed by atoms with Gasteiger partial charge >= 0.3 is 0 Å². The van der Waals surface area contributed by atoms with Crippen molar-refractivity contribution < 1.29 is 9.13 Å². The Morgan fingerprint density at radius 1 is 1.38 bits per heavy atom. The molecule has 1 fully saturated rings. The monoisotopic (exact) mass is 470 g/mol. The van der Waals surface area contributed by atoms with Crippen LogP contribution in [0.2, 0.25) is 0 Å². The molecule has 2 heterocycles. The van der Waals surface area contributed by atoms with Crippen LogP contribution < -0.4 is 10.5 Å². The summed E-state index contributed by atoms with van der Waals surface area (Å²) in [5.74, 6) is 1.65. The Balaban J connectivity index is 0.00000243. The third-order valence-corrected chi connectivity index (χ3v) is 4.25. The van der Waals surface area contributed by atoms with Crippen LogP contribution in [0.3, 0.4) is 0 Å². The molecule has 1 aliphatic rings.